The summed E-state index contributed by atoms with van der Waals surface area (Å²) in [6, 6.07) is 7.88. The third-order valence-electron chi connectivity index (χ3n) is 3.08. The number of carboxylic acid groups (broad SMARTS) is 1. The molecule has 0 saturated carbocycles. The first kappa shape index (κ1) is 14.0. The molecule has 0 bridgehead atoms. The van der Waals surface area contributed by atoms with Crippen LogP contribution in [-0.2, 0) is 6.54 Å². The highest BCUT2D eigenvalue weighted by Crippen LogP contribution is 2.31. The second kappa shape index (κ2) is 6.14. The number of hydrogen-bond acceptors (Lipinski definition) is 4. The summed E-state index contributed by atoms with van der Waals surface area (Å²) in [5.41, 5.74) is 0.831. The van der Waals surface area contributed by atoms with E-state index >= 15 is 0 Å². The first-order chi connectivity index (χ1) is 9.13. The number of aliphatic hydroxyl groups is 1. The molecule has 1 atom stereocenters. The van der Waals surface area contributed by atoms with Crippen LogP contribution in [0.2, 0.25) is 0 Å². The van der Waals surface area contributed by atoms with Crippen molar-refractivity contribution in [2.24, 2.45) is 0 Å². The summed E-state index contributed by atoms with van der Waals surface area (Å²) in [6.45, 7) is 2.61. The minimum atomic E-state index is -0.882. The highest BCUT2D eigenvalue weighted by atomic mass is 32.1. The number of benzene rings is 1. The molecule has 1 aromatic carbocycles. The van der Waals surface area contributed by atoms with E-state index < -0.39 is 5.97 Å². The van der Waals surface area contributed by atoms with Crippen LogP contribution in [0.4, 0.5) is 0 Å². The molecular weight excluding hydrogens is 262 g/mol. The summed E-state index contributed by atoms with van der Waals surface area (Å²) < 4.78 is 0.992. The molecule has 0 aliphatic rings. The van der Waals surface area contributed by atoms with Crippen LogP contribution in [0.15, 0.2) is 24.3 Å². The zero-order chi connectivity index (χ0) is 13.8. The van der Waals surface area contributed by atoms with Crippen molar-refractivity contribution in [1.29, 1.82) is 0 Å². The molecule has 3 N–H and O–H groups in total. The monoisotopic (exact) mass is 279 g/mol. The molecule has 4 nitrogen and oxygen atoms in total. The predicted molar refractivity (Wildman–Crippen MR) is 76.8 cm³/mol. The Morgan fingerprint density at radius 1 is 1.42 bits per heavy atom. The van der Waals surface area contributed by atoms with Gasteiger partial charge in [0.1, 0.15) is 4.88 Å². The number of aromatic carboxylic acids is 1. The standard InChI is InChI=1S/C14H17NO3S/c1-9(6-7-16)15-8-11-10-4-2-3-5-12(10)19-13(11)14(17)18/h2-5,9,15-16H,6-8H2,1H3,(H,17,18). The molecule has 102 valence electrons. The maximum absolute atomic E-state index is 11.3. The van der Waals surface area contributed by atoms with Crippen molar-refractivity contribution < 1.29 is 15.0 Å². The molecule has 0 saturated heterocycles. The average Bonchev–Trinajstić information content (AvgIpc) is 2.75. The van der Waals surface area contributed by atoms with Gasteiger partial charge < -0.3 is 15.5 Å². The topological polar surface area (TPSA) is 69.6 Å². The maximum Gasteiger partial charge on any atom is 0.346 e. The Morgan fingerprint density at radius 3 is 2.84 bits per heavy atom. The molecule has 1 heterocycles. The molecule has 0 spiro atoms. The SMILES string of the molecule is CC(CCO)NCc1c(C(=O)O)sc2ccccc12. The van der Waals surface area contributed by atoms with E-state index in [1.54, 1.807) is 0 Å². The number of rotatable bonds is 6. The van der Waals surface area contributed by atoms with E-state index in [0.29, 0.717) is 17.8 Å². The van der Waals surface area contributed by atoms with E-state index in [1.807, 2.05) is 31.2 Å². The Hall–Kier alpha value is -1.43. The second-order valence-electron chi connectivity index (χ2n) is 4.51. The van der Waals surface area contributed by atoms with E-state index in [1.165, 1.54) is 11.3 Å². The molecular formula is C14H17NO3S. The number of thiophene rings is 1. The van der Waals surface area contributed by atoms with E-state index in [9.17, 15) is 9.90 Å². The van der Waals surface area contributed by atoms with E-state index in [0.717, 1.165) is 15.6 Å². The first-order valence-electron chi connectivity index (χ1n) is 6.21. The van der Waals surface area contributed by atoms with Gasteiger partial charge in [-0.05, 0) is 30.4 Å². The molecule has 2 aromatic rings. The lowest BCUT2D eigenvalue weighted by atomic mass is 10.1. The number of carboxylic acids is 1. The zero-order valence-corrected chi connectivity index (χ0v) is 11.5. The third kappa shape index (κ3) is 3.12. The van der Waals surface area contributed by atoms with Crippen LogP contribution in [0.3, 0.4) is 0 Å². The molecule has 5 heteroatoms. The van der Waals surface area contributed by atoms with Crippen LogP contribution in [0.1, 0.15) is 28.6 Å². The van der Waals surface area contributed by atoms with Gasteiger partial charge in [0.15, 0.2) is 0 Å². The average molecular weight is 279 g/mol. The Bertz CT molecular complexity index is 579. The molecule has 0 aliphatic heterocycles. The number of fused-ring (bicyclic) bond motifs is 1. The molecule has 0 aliphatic carbocycles. The summed E-state index contributed by atoms with van der Waals surface area (Å²) in [5.74, 6) is -0.882. The van der Waals surface area contributed by atoms with Gasteiger partial charge in [-0.15, -0.1) is 11.3 Å². The van der Waals surface area contributed by atoms with Crippen molar-refractivity contribution in [3.8, 4) is 0 Å². The van der Waals surface area contributed by atoms with Gasteiger partial charge in [0, 0.05) is 23.9 Å². The van der Waals surface area contributed by atoms with Crippen LogP contribution in [0.25, 0.3) is 10.1 Å². The predicted octanol–water partition coefficient (Wildman–Crippen LogP) is 2.46. The summed E-state index contributed by atoms with van der Waals surface area (Å²) in [7, 11) is 0. The number of nitrogens with one attached hydrogen (secondary N) is 1. The van der Waals surface area contributed by atoms with Crippen LogP contribution >= 0.6 is 11.3 Å². The van der Waals surface area contributed by atoms with Crippen molar-refractivity contribution in [2.45, 2.75) is 25.9 Å². The Labute approximate surface area is 115 Å². The van der Waals surface area contributed by atoms with Gasteiger partial charge >= 0.3 is 5.97 Å². The molecule has 2 rings (SSSR count). The third-order valence-corrected chi connectivity index (χ3v) is 4.28. The van der Waals surface area contributed by atoms with Crippen molar-refractivity contribution in [3.05, 3.63) is 34.7 Å². The quantitative estimate of drug-likeness (QED) is 0.759. The van der Waals surface area contributed by atoms with Crippen LogP contribution in [0.5, 0.6) is 0 Å². The van der Waals surface area contributed by atoms with Gasteiger partial charge in [-0.2, -0.15) is 0 Å². The van der Waals surface area contributed by atoms with Crippen molar-refractivity contribution in [3.63, 3.8) is 0 Å². The zero-order valence-electron chi connectivity index (χ0n) is 10.7. The largest absolute Gasteiger partial charge is 0.477 e. The molecule has 1 unspecified atom stereocenters. The summed E-state index contributed by atoms with van der Waals surface area (Å²) in [5, 5.41) is 22.4. The van der Waals surface area contributed by atoms with E-state index in [-0.39, 0.29) is 12.6 Å². The number of carbonyl (C=O) groups is 1. The molecule has 0 amide bonds. The van der Waals surface area contributed by atoms with Crippen molar-refractivity contribution in [2.75, 3.05) is 6.61 Å². The fourth-order valence-corrected chi connectivity index (χ4v) is 3.08. The molecule has 1 aromatic heterocycles. The fraction of sp³-hybridized carbons (Fsp3) is 0.357. The Balaban J connectivity index is 2.29. The van der Waals surface area contributed by atoms with Gasteiger partial charge in [0.2, 0.25) is 0 Å². The van der Waals surface area contributed by atoms with Crippen LogP contribution in [0, 0.1) is 0 Å². The molecule has 19 heavy (non-hydrogen) atoms. The normalized spacial score (nSPS) is 12.7. The molecule has 0 fully saturated rings. The maximum atomic E-state index is 11.3. The number of aliphatic hydroxyl groups excluding tert-OH is 1. The highest BCUT2D eigenvalue weighted by Gasteiger charge is 2.17. The number of hydrogen-bond donors (Lipinski definition) is 3. The van der Waals surface area contributed by atoms with Crippen molar-refractivity contribution >= 4 is 27.4 Å². The van der Waals surface area contributed by atoms with Crippen LogP contribution in [-0.4, -0.2) is 28.8 Å². The van der Waals surface area contributed by atoms with Crippen molar-refractivity contribution in [1.82, 2.24) is 5.32 Å². The van der Waals surface area contributed by atoms with E-state index in [2.05, 4.69) is 5.32 Å². The minimum Gasteiger partial charge on any atom is -0.477 e. The Morgan fingerprint density at radius 2 is 2.16 bits per heavy atom. The minimum absolute atomic E-state index is 0.129. The van der Waals surface area contributed by atoms with Crippen LogP contribution < -0.4 is 5.32 Å². The highest BCUT2D eigenvalue weighted by molar-refractivity contribution is 7.21. The van der Waals surface area contributed by atoms with Gasteiger partial charge in [-0.25, -0.2) is 4.79 Å². The first-order valence-corrected chi connectivity index (χ1v) is 7.03. The summed E-state index contributed by atoms with van der Waals surface area (Å²) >= 11 is 1.31. The van der Waals surface area contributed by atoms with Gasteiger partial charge in [0.05, 0.1) is 0 Å². The van der Waals surface area contributed by atoms with E-state index in [4.69, 9.17) is 5.11 Å². The smallest absolute Gasteiger partial charge is 0.346 e. The summed E-state index contributed by atoms with van der Waals surface area (Å²) in [4.78, 5) is 11.7. The van der Waals surface area contributed by atoms with Gasteiger partial charge in [-0.1, -0.05) is 18.2 Å². The lowest BCUT2D eigenvalue weighted by Crippen LogP contribution is -2.26. The Kier molecular flexibility index (Phi) is 4.52. The van der Waals surface area contributed by atoms with Gasteiger partial charge in [0.25, 0.3) is 0 Å². The summed E-state index contributed by atoms with van der Waals surface area (Å²) in [6.07, 6.45) is 0.657. The molecule has 0 radical (unpaired) electrons. The van der Waals surface area contributed by atoms with Gasteiger partial charge in [-0.3, -0.25) is 0 Å². The lowest BCUT2D eigenvalue weighted by molar-refractivity contribution is 0.0701. The fourth-order valence-electron chi connectivity index (χ4n) is 2.02. The lowest BCUT2D eigenvalue weighted by Gasteiger charge is -2.12. The second-order valence-corrected chi connectivity index (χ2v) is 5.56.